The van der Waals surface area contributed by atoms with E-state index in [1.54, 1.807) is 18.2 Å². The fourth-order valence-corrected chi connectivity index (χ4v) is 4.30. The normalized spacial score (nSPS) is 11.0. The van der Waals surface area contributed by atoms with Gasteiger partial charge in [0.05, 0.1) is 18.7 Å². The molecule has 0 saturated carbocycles. The summed E-state index contributed by atoms with van der Waals surface area (Å²) in [6, 6.07) is 17.1. The van der Waals surface area contributed by atoms with Gasteiger partial charge in [0.1, 0.15) is 25.4 Å². The number of carbonyl (C=O) groups is 2. The number of nitrogens with one attached hydrogen (secondary N) is 1. The van der Waals surface area contributed by atoms with Gasteiger partial charge in [-0.05, 0) is 48.9 Å². The van der Waals surface area contributed by atoms with Crippen LogP contribution < -0.4 is 25.9 Å². The standard InChI is InChI=1S/C29H32N4O4/c1-32(2)19-8-11-22-25(16-19)37-26-17-20(33(3)4)9-12-23(26)27(22)21-10-7-18(15-24(21)29(35)36-5)28(34)31-14-6-13-30/h7-12,15-17H,6,13-14,30H2,1-5H3/p+1. The number of hydrogen-bond donors (Lipinski definition) is 2. The molecule has 1 amide bonds. The van der Waals surface area contributed by atoms with E-state index in [2.05, 4.69) is 5.32 Å². The highest BCUT2D eigenvalue weighted by Gasteiger charge is 2.24. The van der Waals surface area contributed by atoms with Gasteiger partial charge >= 0.3 is 5.97 Å². The molecule has 37 heavy (non-hydrogen) atoms. The first-order valence-corrected chi connectivity index (χ1v) is 12.1. The number of esters is 1. The number of amides is 1. The summed E-state index contributed by atoms with van der Waals surface area (Å²) in [6.07, 6.45) is 0.670. The molecule has 1 aliphatic heterocycles. The minimum atomic E-state index is -0.525. The van der Waals surface area contributed by atoms with Crippen LogP contribution >= 0.6 is 0 Å². The first-order chi connectivity index (χ1) is 17.7. The van der Waals surface area contributed by atoms with Crippen molar-refractivity contribution in [2.75, 3.05) is 53.3 Å². The van der Waals surface area contributed by atoms with Crippen LogP contribution in [0.25, 0.3) is 33.4 Å². The summed E-state index contributed by atoms with van der Waals surface area (Å²) in [4.78, 5) is 27.7. The number of fused-ring (bicyclic) bond motifs is 2. The summed E-state index contributed by atoms with van der Waals surface area (Å²) in [7, 11) is 9.23. The molecule has 0 radical (unpaired) electrons. The van der Waals surface area contributed by atoms with Crippen LogP contribution in [0, 0.1) is 0 Å². The Bertz CT molecular complexity index is 1520. The highest BCUT2D eigenvalue weighted by Crippen LogP contribution is 2.42. The summed E-state index contributed by atoms with van der Waals surface area (Å²) in [5.74, 6) is -0.110. The number of ether oxygens (including phenoxy) is 1. The Morgan fingerprint density at radius 3 is 2.46 bits per heavy atom. The van der Waals surface area contributed by atoms with Gasteiger partial charge in [-0.2, -0.15) is 0 Å². The van der Waals surface area contributed by atoms with E-state index in [0.29, 0.717) is 47.5 Å². The van der Waals surface area contributed by atoms with Crippen molar-refractivity contribution in [3.63, 3.8) is 0 Å². The first kappa shape index (κ1) is 25.9. The lowest BCUT2D eigenvalue weighted by atomic mass is 9.89. The van der Waals surface area contributed by atoms with Crippen molar-refractivity contribution in [3.8, 4) is 22.5 Å². The lowest BCUT2D eigenvalue weighted by Crippen LogP contribution is -2.26. The van der Waals surface area contributed by atoms with E-state index in [4.69, 9.17) is 14.9 Å². The van der Waals surface area contributed by atoms with Crippen molar-refractivity contribution < 1.29 is 18.7 Å². The number of anilines is 1. The molecule has 2 aliphatic rings. The van der Waals surface area contributed by atoms with E-state index in [1.807, 2.05) is 74.1 Å². The highest BCUT2D eigenvalue weighted by molar-refractivity contribution is 6.09. The topological polar surface area (TPSA) is 101 Å². The molecule has 8 nitrogen and oxygen atoms in total. The summed E-state index contributed by atoms with van der Waals surface area (Å²) in [5.41, 5.74) is 10.2. The zero-order valence-corrected chi connectivity index (χ0v) is 21.9. The van der Waals surface area contributed by atoms with Crippen LogP contribution in [-0.2, 0) is 4.74 Å². The summed E-state index contributed by atoms with van der Waals surface area (Å²) in [5, 5.41) is 4.68. The largest absolute Gasteiger partial charge is 0.465 e. The second kappa shape index (κ2) is 10.8. The Balaban J connectivity index is 2.02. The van der Waals surface area contributed by atoms with Crippen molar-refractivity contribution in [2.45, 2.75) is 6.42 Å². The number of benzene rings is 3. The fraction of sp³-hybridized carbons (Fsp3) is 0.276. The molecule has 0 saturated heterocycles. The third-order valence-corrected chi connectivity index (χ3v) is 6.34. The number of rotatable bonds is 7. The van der Waals surface area contributed by atoms with Crippen molar-refractivity contribution in [2.24, 2.45) is 5.73 Å². The molecule has 0 atom stereocenters. The molecule has 0 aromatic heterocycles. The van der Waals surface area contributed by atoms with E-state index >= 15 is 0 Å². The maximum absolute atomic E-state index is 13.0. The minimum Gasteiger partial charge on any atom is -0.465 e. The molecule has 0 spiro atoms. The average molecular weight is 502 g/mol. The third kappa shape index (κ3) is 5.20. The van der Waals surface area contributed by atoms with Gasteiger partial charge in [0.2, 0.25) is 5.36 Å². The summed E-state index contributed by atoms with van der Waals surface area (Å²) in [6.45, 7) is 0.944. The fourth-order valence-electron chi connectivity index (χ4n) is 4.30. The van der Waals surface area contributed by atoms with Gasteiger partial charge in [-0.3, -0.25) is 4.79 Å². The quantitative estimate of drug-likeness (QED) is 0.175. The van der Waals surface area contributed by atoms with Gasteiger partial charge in [-0.1, -0.05) is 6.07 Å². The zero-order chi connectivity index (χ0) is 26.7. The van der Waals surface area contributed by atoms with Crippen LogP contribution in [0.3, 0.4) is 0 Å². The molecule has 8 heteroatoms. The Labute approximate surface area is 216 Å². The zero-order valence-electron chi connectivity index (χ0n) is 21.9. The number of nitrogens with two attached hydrogens (primary N) is 1. The molecule has 1 heterocycles. The predicted molar refractivity (Wildman–Crippen MR) is 147 cm³/mol. The molecule has 2 aromatic rings. The number of methoxy groups -OCH3 is 1. The molecule has 4 rings (SSSR count). The van der Waals surface area contributed by atoms with E-state index < -0.39 is 5.97 Å². The number of hydrogen-bond acceptors (Lipinski definition) is 6. The minimum absolute atomic E-state index is 0.269. The number of nitrogens with zero attached hydrogens (tertiary/aromatic N) is 2. The molecule has 3 N–H and O–H groups in total. The van der Waals surface area contributed by atoms with Crippen molar-refractivity contribution >= 4 is 28.5 Å². The second-order valence-corrected chi connectivity index (χ2v) is 9.28. The number of carbonyl (C=O) groups excluding carboxylic acids is 2. The van der Waals surface area contributed by atoms with Crippen LogP contribution in [0.15, 0.2) is 59.0 Å². The summed E-state index contributed by atoms with van der Waals surface area (Å²) < 4.78 is 13.5. The monoisotopic (exact) mass is 501 g/mol. The van der Waals surface area contributed by atoms with E-state index in [-0.39, 0.29) is 5.91 Å². The SMILES string of the molecule is COC(=O)c1cc(C(=O)NCCCN)ccc1-c1c2ccc(=[N+](C)C)cc-2oc2cc(N(C)C)ccc12. The Kier molecular flexibility index (Phi) is 7.59. The molecular formula is C29H33N4O4+. The Morgan fingerprint density at radius 1 is 1.03 bits per heavy atom. The van der Waals surface area contributed by atoms with Gasteiger partial charge in [0, 0.05) is 60.5 Å². The van der Waals surface area contributed by atoms with Gasteiger partial charge in [-0.15, -0.1) is 0 Å². The van der Waals surface area contributed by atoms with Crippen molar-refractivity contribution in [1.29, 1.82) is 0 Å². The van der Waals surface area contributed by atoms with Crippen LogP contribution in [-0.4, -0.2) is 60.3 Å². The van der Waals surface area contributed by atoms with Gasteiger partial charge in [0.25, 0.3) is 5.91 Å². The molecular weight excluding hydrogens is 468 g/mol. The van der Waals surface area contributed by atoms with Crippen LogP contribution in [0.5, 0.6) is 0 Å². The highest BCUT2D eigenvalue weighted by atomic mass is 16.5. The van der Waals surface area contributed by atoms with Gasteiger partial charge in [-0.25, -0.2) is 9.37 Å². The molecule has 0 bridgehead atoms. The lowest BCUT2D eigenvalue weighted by molar-refractivity contribution is 0.0601. The van der Waals surface area contributed by atoms with Gasteiger partial charge < -0.3 is 25.1 Å². The molecule has 2 aromatic carbocycles. The van der Waals surface area contributed by atoms with Crippen LogP contribution in [0.4, 0.5) is 5.69 Å². The lowest BCUT2D eigenvalue weighted by Gasteiger charge is -2.19. The molecule has 192 valence electrons. The summed E-state index contributed by atoms with van der Waals surface area (Å²) >= 11 is 0. The van der Waals surface area contributed by atoms with Crippen molar-refractivity contribution in [3.05, 3.63) is 71.1 Å². The van der Waals surface area contributed by atoms with E-state index in [1.165, 1.54) is 7.11 Å². The predicted octanol–water partition coefficient (Wildman–Crippen LogP) is 3.17. The first-order valence-electron chi connectivity index (χ1n) is 12.1. The average Bonchev–Trinajstić information content (AvgIpc) is 2.90. The van der Waals surface area contributed by atoms with E-state index in [0.717, 1.165) is 27.6 Å². The smallest absolute Gasteiger partial charge is 0.338 e. The maximum Gasteiger partial charge on any atom is 0.338 e. The Morgan fingerprint density at radius 2 is 1.78 bits per heavy atom. The van der Waals surface area contributed by atoms with E-state index in [9.17, 15) is 9.59 Å². The molecule has 0 fully saturated rings. The van der Waals surface area contributed by atoms with Crippen LogP contribution in [0.1, 0.15) is 27.1 Å². The molecule has 1 aliphatic carbocycles. The van der Waals surface area contributed by atoms with Gasteiger partial charge in [0.15, 0.2) is 0 Å². The second-order valence-electron chi connectivity index (χ2n) is 9.28. The maximum atomic E-state index is 13.0. The Hall–Kier alpha value is -4.17. The molecule has 0 unspecified atom stereocenters. The van der Waals surface area contributed by atoms with Crippen molar-refractivity contribution in [1.82, 2.24) is 9.89 Å². The third-order valence-electron chi connectivity index (χ3n) is 6.34. The van der Waals surface area contributed by atoms with Crippen LogP contribution in [0.2, 0.25) is 0 Å².